The van der Waals surface area contributed by atoms with E-state index in [2.05, 4.69) is 14.7 Å². The van der Waals surface area contributed by atoms with Gasteiger partial charge in [-0.1, -0.05) is 17.3 Å². The summed E-state index contributed by atoms with van der Waals surface area (Å²) in [4.78, 5) is 17.9. The van der Waals surface area contributed by atoms with Crippen LogP contribution in [0, 0.1) is 0 Å². The zero-order valence-corrected chi connectivity index (χ0v) is 13.9. The van der Waals surface area contributed by atoms with E-state index in [1.54, 1.807) is 18.8 Å². The monoisotopic (exact) mass is 359 g/mol. The first kappa shape index (κ1) is 18.3. The van der Waals surface area contributed by atoms with Crippen molar-refractivity contribution in [2.75, 3.05) is 19.8 Å². The molecule has 130 valence electrons. The molecule has 0 bridgehead atoms. The van der Waals surface area contributed by atoms with Crippen LogP contribution in [-0.4, -0.2) is 40.8 Å². The van der Waals surface area contributed by atoms with E-state index in [1.165, 1.54) is 4.90 Å². The Hall–Kier alpha value is -2.03. The van der Waals surface area contributed by atoms with Crippen LogP contribution in [-0.2, 0) is 23.8 Å². The summed E-state index contributed by atoms with van der Waals surface area (Å²) >= 11 is 1.61. The smallest absolute Gasteiger partial charge is 0.345 e. The van der Waals surface area contributed by atoms with Gasteiger partial charge in [-0.15, -0.1) is 11.8 Å². The maximum absolute atomic E-state index is 12.4. The molecule has 0 saturated heterocycles. The third-order valence-electron chi connectivity index (χ3n) is 3.32. The predicted octanol–water partition coefficient (Wildman–Crippen LogP) is 3.05. The maximum Gasteiger partial charge on any atom is 0.471 e. The summed E-state index contributed by atoms with van der Waals surface area (Å²) in [6.45, 7) is 0.207. The standard InChI is InChI=1S/C15H16F3N3O2S/c1-21(8-7-12-19-14(23-20-12)15(16,17)18)13(22)9-10-3-5-11(24-2)6-4-10/h3-6H,7-9H2,1-2H3. The van der Waals surface area contributed by atoms with Crippen LogP contribution < -0.4 is 0 Å². The Balaban J connectivity index is 1.86. The molecule has 0 N–H and O–H groups in total. The number of aromatic nitrogens is 2. The third kappa shape index (κ3) is 4.98. The molecule has 0 fully saturated rings. The number of carbonyl (C=O) groups excluding carboxylic acids is 1. The summed E-state index contributed by atoms with van der Waals surface area (Å²) in [5, 5.41) is 3.27. The van der Waals surface area contributed by atoms with Crippen LogP contribution >= 0.6 is 11.8 Å². The fraction of sp³-hybridized carbons (Fsp3) is 0.400. The van der Waals surface area contributed by atoms with Crippen molar-refractivity contribution in [1.29, 1.82) is 0 Å². The van der Waals surface area contributed by atoms with Crippen molar-refractivity contribution in [2.45, 2.75) is 23.9 Å². The van der Waals surface area contributed by atoms with Crippen LogP contribution in [0.2, 0.25) is 0 Å². The SMILES string of the molecule is CSc1ccc(CC(=O)N(C)CCc2noc(C(F)(F)F)n2)cc1. The van der Waals surface area contributed by atoms with E-state index in [1.807, 2.05) is 30.5 Å². The summed E-state index contributed by atoms with van der Waals surface area (Å²) in [5.74, 6) is -1.59. The molecule has 5 nitrogen and oxygen atoms in total. The van der Waals surface area contributed by atoms with E-state index in [4.69, 9.17) is 0 Å². The summed E-state index contributed by atoms with van der Waals surface area (Å²) in [6, 6.07) is 7.63. The van der Waals surface area contributed by atoms with Crippen LogP contribution in [0.1, 0.15) is 17.3 Å². The van der Waals surface area contributed by atoms with Gasteiger partial charge in [-0.05, 0) is 24.0 Å². The zero-order chi connectivity index (χ0) is 17.7. The number of likely N-dealkylation sites (N-methyl/N-ethyl adjacent to an activating group) is 1. The minimum Gasteiger partial charge on any atom is -0.345 e. The Morgan fingerprint density at radius 2 is 1.96 bits per heavy atom. The Morgan fingerprint density at radius 1 is 1.29 bits per heavy atom. The number of halogens is 3. The van der Waals surface area contributed by atoms with Crippen molar-refractivity contribution in [3.63, 3.8) is 0 Å². The van der Waals surface area contributed by atoms with Gasteiger partial charge >= 0.3 is 12.1 Å². The molecule has 0 saturated carbocycles. The number of hydrogen-bond donors (Lipinski definition) is 0. The van der Waals surface area contributed by atoms with Gasteiger partial charge in [-0.25, -0.2) is 0 Å². The largest absolute Gasteiger partial charge is 0.471 e. The van der Waals surface area contributed by atoms with Gasteiger partial charge in [0.15, 0.2) is 5.82 Å². The summed E-state index contributed by atoms with van der Waals surface area (Å²) < 4.78 is 41.2. The number of carbonyl (C=O) groups is 1. The van der Waals surface area contributed by atoms with E-state index < -0.39 is 12.1 Å². The summed E-state index contributed by atoms with van der Waals surface area (Å²) in [5.41, 5.74) is 0.878. The molecule has 1 aromatic carbocycles. The molecule has 24 heavy (non-hydrogen) atoms. The average molecular weight is 359 g/mol. The highest BCUT2D eigenvalue weighted by Crippen LogP contribution is 2.27. The van der Waals surface area contributed by atoms with E-state index in [0.29, 0.717) is 0 Å². The fourth-order valence-electron chi connectivity index (χ4n) is 1.92. The van der Waals surface area contributed by atoms with Gasteiger partial charge in [-0.2, -0.15) is 18.2 Å². The molecular formula is C15H16F3N3O2S. The van der Waals surface area contributed by atoms with Crippen LogP contribution in [0.15, 0.2) is 33.7 Å². The second-order valence-corrected chi connectivity index (χ2v) is 5.98. The van der Waals surface area contributed by atoms with Crippen molar-refractivity contribution in [3.05, 3.63) is 41.5 Å². The lowest BCUT2D eigenvalue weighted by atomic mass is 10.1. The number of benzene rings is 1. The number of nitrogens with zero attached hydrogens (tertiary/aromatic N) is 3. The molecule has 1 aromatic heterocycles. The van der Waals surface area contributed by atoms with Gasteiger partial charge in [0.25, 0.3) is 0 Å². The van der Waals surface area contributed by atoms with Crippen LogP contribution in [0.5, 0.6) is 0 Å². The summed E-state index contributed by atoms with van der Waals surface area (Å²) in [6.07, 6.45) is -2.37. The zero-order valence-electron chi connectivity index (χ0n) is 13.1. The Morgan fingerprint density at radius 3 is 2.50 bits per heavy atom. The second kappa shape index (κ2) is 7.69. The lowest BCUT2D eigenvalue weighted by Crippen LogP contribution is -2.30. The van der Waals surface area contributed by atoms with Gasteiger partial charge < -0.3 is 9.42 Å². The van der Waals surface area contributed by atoms with Gasteiger partial charge in [-0.3, -0.25) is 4.79 Å². The molecule has 0 aliphatic heterocycles. The molecule has 0 unspecified atom stereocenters. The highest BCUT2D eigenvalue weighted by molar-refractivity contribution is 7.98. The number of alkyl halides is 3. The van der Waals surface area contributed by atoms with Crippen molar-refractivity contribution < 1.29 is 22.5 Å². The highest BCUT2D eigenvalue weighted by atomic mass is 32.2. The number of hydrogen-bond acceptors (Lipinski definition) is 5. The lowest BCUT2D eigenvalue weighted by Gasteiger charge is -2.16. The maximum atomic E-state index is 12.4. The summed E-state index contributed by atoms with van der Waals surface area (Å²) in [7, 11) is 1.59. The molecule has 0 radical (unpaired) electrons. The van der Waals surface area contributed by atoms with Crippen LogP contribution in [0.25, 0.3) is 0 Å². The van der Waals surface area contributed by atoms with Gasteiger partial charge in [0.05, 0.1) is 6.42 Å². The van der Waals surface area contributed by atoms with Gasteiger partial charge in [0.1, 0.15) is 0 Å². The minimum atomic E-state index is -4.66. The molecule has 9 heteroatoms. The topological polar surface area (TPSA) is 59.2 Å². The van der Waals surface area contributed by atoms with Crippen molar-refractivity contribution >= 4 is 17.7 Å². The first-order valence-corrected chi connectivity index (χ1v) is 8.28. The van der Waals surface area contributed by atoms with Crippen molar-refractivity contribution in [2.24, 2.45) is 0 Å². The predicted molar refractivity (Wildman–Crippen MR) is 82.6 cm³/mol. The molecule has 1 amide bonds. The molecule has 0 aliphatic rings. The van der Waals surface area contributed by atoms with Crippen molar-refractivity contribution in [3.8, 4) is 0 Å². The first-order valence-electron chi connectivity index (χ1n) is 7.06. The molecule has 2 rings (SSSR count). The van der Waals surface area contributed by atoms with E-state index in [9.17, 15) is 18.0 Å². The number of amides is 1. The molecule has 0 spiro atoms. The van der Waals surface area contributed by atoms with Crippen LogP contribution in [0.4, 0.5) is 13.2 Å². The Bertz CT molecular complexity index is 686. The Kier molecular flexibility index (Phi) is 5.87. The number of thioether (sulfide) groups is 1. The fourth-order valence-corrected chi connectivity index (χ4v) is 2.32. The molecule has 0 aliphatic carbocycles. The minimum absolute atomic E-state index is 0.0775. The number of rotatable bonds is 6. The lowest BCUT2D eigenvalue weighted by molar-refractivity contribution is -0.159. The first-order chi connectivity index (χ1) is 11.3. The van der Waals surface area contributed by atoms with Crippen molar-refractivity contribution in [1.82, 2.24) is 15.0 Å². The second-order valence-electron chi connectivity index (χ2n) is 5.10. The quantitative estimate of drug-likeness (QED) is 0.742. The van der Waals surface area contributed by atoms with E-state index >= 15 is 0 Å². The molecule has 2 aromatic rings. The van der Waals surface area contributed by atoms with Crippen LogP contribution in [0.3, 0.4) is 0 Å². The highest BCUT2D eigenvalue weighted by Gasteiger charge is 2.38. The van der Waals surface area contributed by atoms with E-state index in [-0.39, 0.29) is 31.1 Å². The normalized spacial score (nSPS) is 11.5. The molecule has 1 heterocycles. The molecular weight excluding hydrogens is 343 g/mol. The Labute approximate surface area is 141 Å². The average Bonchev–Trinajstić information content (AvgIpc) is 3.02. The van der Waals surface area contributed by atoms with Gasteiger partial charge in [0.2, 0.25) is 5.91 Å². The van der Waals surface area contributed by atoms with E-state index in [0.717, 1.165) is 10.5 Å². The third-order valence-corrected chi connectivity index (χ3v) is 4.07. The van der Waals surface area contributed by atoms with Gasteiger partial charge in [0, 0.05) is 24.9 Å². The molecule has 0 atom stereocenters.